The summed E-state index contributed by atoms with van der Waals surface area (Å²) in [6, 6.07) is 5.26. The number of carbonyl (C=O) groups excluding carboxylic acids is 1. The van der Waals surface area contributed by atoms with Crippen molar-refractivity contribution in [3.05, 3.63) is 45.0 Å². The minimum absolute atomic E-state index is 0.0109. The standard InChI is InChI=1S/C11H9NO2S/c1-7(13)10-8(4-6-15-10)9-3-2-5-12-11(9)14/h2-6H,1H3,(H,12,14). The number of aromatic amines is 1. The molecule has 0 aliphatic carbocycles. The monoisotopic (exact) mass is 219 g/mol. The van der Waals surface area contributed by atoms with Crippen molar-refractivity contribution in [2.75, 3.05) is 0 Å². The predicted octanol–water partition coefficient (Wildman–Crippen LogP) is 2.31. The van der Waals surface area contributed by atoms with E-state index in [2.05, 4.69) is 4.98 Å². The van der Waals surface area contributed by atoms with Gasteiger partial charge in [-0.05, 0) is 30.5 Å². The number of nitrogens with one attached hydrogen (secondary N) is 1. The molecule has 2 aromatic rings. The van der Waals surface area contributed by atoms with E-state index in [1.165, 1.54) is 18.3 Å². The van der Waals surface area contributed by atoms with Crippen LogP contribution < -0.4 is 5.56 Å². The van der Waals surface area contributed by atoms with E-state index in [-0.39, 0.29) is 11.3 Å². The number of thiophene rings is 1. The molecule has 2 heterocycles. The number of ketones is 1. The van der Waals surface area contributed by atoms with Crippen molar-refractivity contribution in [2.24, 2.45) is 0 Å². The highest BCUT2D eigenvalue weighted by Gasteiger charge is 2.12. The lowest BCUT2D eigenvalue weighted by Crippen LogP contribution is -2.07. The number of aromatic nitrogens is 1. The number of carbonyl (C=O) groups is 1. The summed E-state index contributed by atoms with van der Waals surface area (Å²) >= 11 is 1.36. The summed E-state index contributed by atoms with van der Waals surface area (Å²) in [4.78, 5) is 26.1. The van der Waals surface area contributed by atoms with Crippen LogP contribution in [0.3, 0.4) is 0 Å². The number of rotatable bonds is 2. The maximum atomic E-state index is 11.5. The van der Waals surface area contributed by atoms with E-state index in [0.717, 1.165) is 0 Å². The quantitative estimate of drug-likeness (QED) is 0.788. The zero-order valence-corrected chi connectivity index (χ0v) is 8.93. The summed E-state index contributed by atoms with van der Waals surface area (Å²) in [5, 5.41) is 1.82. The zero-order valence-electron chi connectivity index (χ0n) is 8.11. The van der Waals surface area contributed by atoms with Gasteiger partial charge in [0.15, 0.2) is 5.78 Å². The number of H-pyrrole nitrogens is 1. The molecule has 0 aliphatic rings. The Bertz CT molecular complexity index is 553. The molecule has 15 heavy (non-hydrogen) atoms. The molecule has 0 saturated heterocycles. The molecule has 0 fully saturated rings. The Labute approximate surface area is 90.4 Å². The van der Waals surface area contributed by atoms with Gasteiger partial charge in [-0.25, -0.2) is 0 Å². The fraction of sp³-hybridized carbons (Fsp3) is 0.0909. The maximum Gasteiger partial charge on any atom is 0.255 e. The van der Waals surface area contributed by atoms with Gasteiger partial charge in [0.1, 0.15) is 0 Å². The van der Waals surface area contributed by atoms with Gasteiger partial charge in [-0.3, -0.25) is 9.59 Å². The lowest BCUT2D eigenvalue weighted by Gasteiger charge is -1.98. The molecule has 0 radical (unpaired) electrons. The Balaban J connectivity index is 2.65. The van der Waals surface area contributed by atoms with Gasteiger partial charge >= 0.3 is 0 Å². The number of pyridine rings is 1. The zero-order chi connectivity index (χ0) is 10.8. The van der Waals surface area contributed by atoms with Crippen molar-refractivity contribution in [2.45, 2.75) is 6.92 Å². The van der Waals surface area contributed by atoms with Gasteiger partial charge in [0.25, 0.3) is 5.56 Å². The van der Waals surface area contributed by atoms with Gasteiger partial charge < -0.3 is 4.98 Å². The van der Waals surface area contributed by atoms with Crippen LogP contribution in [0, 0.1) is 0 Å². The molecule has 0 spiro atoms. The number of hydrogen-bond acceptors (Lipinski definition) is 3. The lowest BCUT2D eigenvalue weighted by atomic mass is 10.1. The Hall–Kier alpha value is -1.68. The first kappa shape index (κ1) is 9.86. The Morgan fingerprint density at radius 2 is 2.13 bits per heavy atom. The third-order valence-electron chi connectivity index (χ3n) is 2.09. The second-order valence-corrected chi connectivity index (χ2v) is 4.05. The number of Topliss-reactive ketones (excluding diaryl/α,β-unsaturated/α-hetero) is 1. The fourth-order valence-electron chi connectivity index (χ4n) is 1.43. The highest BCUT2D eigenvalue weighted by atomic mass is 32.1. The molecule has 3 nitrogen and oxygen atoms in total. The van der Waals surface area contributed by atoms with E-state index in [0.29, 0.717) is 16.0 Å². The molecule has 0 atom stereocenters. The van der Waals surface area contributed by atoms with E-state index in [4.69, 9.17) is 0 Å². The topological polar surface area (TPSA) is 49.9 Å². The van der Waals surface area contributed by atoms with E-state index < -0.39 is 0 Å². The van der Waals surface area contributed by atoms with Crippen LogP contribution in [0.15, 0.2) is 34.6 Å². The molecule has 0 amide bonds. The molecule has 0 saturated carbocycles. The Morgan fingerprint density at radius 3 is 2.80 bits per heavy atom. The molecule has 1 N–H and O–H groups in total. The highest BCUT2D eigenvalue weighted by molar-refractivity contribution is 7.12. The van der Waals surface area contributed by atoms with E-state index >= 15 is 0 Å². The first-order chi connectivity index (χ1) is 7.20. The molecule has 0 aliphatic heterocycles. The summed E-state index contributed by atoms with van der Waals surface area (Å²) in [5.74, 6) is -0.0109. The van der Waals surface area contributed by atoms with Crippen molar-refractivity contribution in [1.29, 1.82) is 0 Å². The van der Waals surface area contributed by atoms with Crippen LogP contribution in [0.25, 0.3) is 11.1 Å². The van der Waals surface area contributed by atoms with Crippen LogP contribution in [-0.4, -0.2) is 10.8 Å². The van der Waals surface area contributed by atoms with Gasteiger partial charge in [-0.2, -0.15) is 0 Å². The van der Waals surface area contributed by atoms with Crippen molar-refractivity contribution in [1.82, 2.24) is 4.98 Å². The summed E-state index contributed by atoms with van der Waals surface area (Å²) < 4.78 is 0. The highest BCUT2D eigenvalue weighted by Crippen LogP contribution is 2.25. The third-order valence-corrected chi connectivity index (χ3v) is 3.11. The van der Waals surface area contributed by atoms with Crippen LogP contribution in [0.1, 0.15) is 16.6 Å². The van der Waals surface area contributed by atoms with Crippen LogP contribution in [0.4, 0.5) is 0 Å². The van der Waals surface area contributed by atoms with Crippen molar-refractivity contribution >= 4 is 17.1 Å². The smallest absolute Gasteiger partial charge is 0.255 e. The number of hydrogen-bond donors (Lipinski definition) is 1. The van der Waals surface area contributed by atoms with Gasteiger partial charge in [0.2, 0.25) is 0 Å². The minimum Gasteiger partial charge on any atom is -0.329 e. The van der Waals surface area contributed by atoms with Crippen molar-refractivity contribution in [3.63, 3.8) is 0 Å². The first-order valence-corrected chi connectivity index (χ1v) is 5.34. The van der Waals surface area contributed by atoms with Crippen molar-refractivity contribution in [3.8, 4) is 11.1 Å². The third kappa shape index (κ3) is 1.76. The van der Waals surface area contributed by atoms with Gasteiger partial charge in [0, 0.05) is 17.3 Å². The molecule has 2 aromatic heterocycles. The molecule has 2 rings (SSSR count). The first-order valence-electron chi connectivity index (χ1n) is 4.46. The Kier molecular flexibility index (Phi) is 2.51. The molecule has 0 unspecified atom stereocenters. The molecule has 76 valence electrons. The Morgan fingerprint density at radius 1 is 1.33 bits per heavy atom. The van der Waals surface area contributed by atoms with E-state index in [1.807, 2.05) is 5.38 Å². The summed E-state index contributed by atoms with van der Waals surface area (Å²) in [6.07, 6.45) is 1.58. The predicted molar refractivity (Wildman–Crippen MR) is 60.4 cm³/mol. The summed E-state index contributed by atoms with van der Waals surface area (Å²) in [7, 11) is 0. The summed E-state index contributed by atoms with van der Waals surface area (Å²) in [5.41, 5.74) is 1.09. The van der Waals surface area contributed by atoms with Crippen molar-refractivity contribution < 1.29 is 4.79 Å². The second-order valence-electron chi connectivity index (χ2n) is 3.13. The SMILES string of the molecule is CC(=O)c1sccc1-c1ccc[nH]c1=O. The average Bonchev–Trinajstić information content (AvgIpc) is 2.67. The normalized spacial score (nSPS) is 10.2. The largest absolute Gasteiger partial charge is 0.329 e. The second kappa shape index (κ2) is 3.82. The molecular formula is C11H9NO2S. The molecular weight excluding hydrogens is 210 g/mol. The van der Waals surface area contributed by atoms with Crippen LogP contribution in [0.2, 0.25) is 0 Å². The van der Waals surface area contributed by atoms with Gasteiger partial charge in [-0.15, -0.1) is 11.3 Å². The van der Waals surface area contributed by atoms with Gasteiger partial charge in [-0.1, -0.05) is 0 Å². The molecule has 4 heteroatoms. The van der Waals surface area contributed by atoms with Crippen LogP contribution in [-0.2, 0) is 0 Å². The lowest BCUT2D eigenvalue weighted by molar-refractivity contribution is 0.102. The van der Waals surface area contributed by atoms with Crippen LogP contribution in [0.5, 0.6) is 0 Å². The van der Waals surface area contributed by atoms with E-state index in [1.54, 1.807) is 24.4 Å². The fourth-order valence-corrected chi connectivity index (χ4v) is 2.24. The maximum absolute atomic E-state index is 11.5. The average molecular weight is 219 g/mol. The molecule has 0 bridgehead atoms. The van der Waals surface area contributed by atoms with E-state index in [9.17, 15) is 9.59 Å². The minimum atomic E-state index is -0.168. The molecule has 0 aromatic carbocycles. The summed E-state index contributed by atoms with van der Waals surface area (Å²) in [6.45, 7) is 1.51. The van der Waals surface area contributed by atoms with Crippen LogP contribution >= 0.6 is 11.3 Å². The van der Waals surface area contributed by atoms with Gasteiger partial charge in [0.05, 0.1) is 4.88 Å².